The van der Waals surface area contributed by atoms with Crippen molar-refractivity contribution in [3.05, 3.63) is 63.7 Å². The highest BCUT2D eigenvalue weighted by Crippen LogP contribution is 2.35. The predicted molar refractivity (Wildman–Crippen MR) is 99.1 cm³/mol. The van der Waals surface area contributed by atoms with Gasteiger partial charge in [-0.3, -0.25) is 4.79 Å². The van der Waals surface area contributed by atoms with Crippen LogP contribution in [0.25, 0.3) is 0 Å². The molecule has 1 N–H and O–H groups in total. The first kappa shape index (κ1) is 18.5. The van der Waals surface area contributed by atoms with E-state index in [2.05, 4.69) is 0 Å². The fourth-order valence-electron chi connectivity index (χ4n) is 2.63. The summed E-state index contributed by atoms with van der Waals surface area (Å²) in [6, 6.07) is 10.4. The molecular weight excluding hydrogens is 322 g/mol. The highest BCUT2D eigenvalue weighted by molar-refractivity contribution is 6.30. The first-order valence-electron chi connectivity index (χ1n) is 7.91. The Balaban J connectivity index is 2.56. The number of hydrogen-bond acceptors (Lipinski definition) is 3. The second kappa shape index (κ2) is 6.96. The van der Waals surface area contributed by atoms with Crippen molar-refractivity contribution in [1.29, 1.82) is 0 Å². The summed E-state index contributed by atoms with van der Waals surface area (Å²) in [5, 5.41) is 11.2. The van der Waals surface area contributed by atoms with E-state index in [9.17, 15) is 9.90 Å². The number of halogens is 1. The standard InChI is InChI=1S/C20H24ClNO2/c1-20(2,3)17-11-14(10-15(19(17)24)12-22(4)5)18(23)13-6-8-16(21)9-7-13/h6-11,24H,12H2,1-5H3. The van der Waals surface area contributed by atoms with Gasteiger partial charge in [-0.15, -0.1) is 0 Å². The van der Waals surface area contributed by atoms with E-state index in [1.54, 1.807) is 36.4 Å². The van der Waals surface area contributed by atoms with Crippen LogP contribution in [0.1, 0.15) is 47.8 Å². The van der Waals surface area contributed by atoms with Crippen LogP contribution in [-0.2, 0) is 12.0 Å². The molecule has 0 bridgehead atoms. The third kappa shape index (κ3) is 4.16. The summed E-state index contributed by atoms with van der Waals surface area (Å²) in [6.45, 7) is 6.64. The van der Waals surface area contributed by atoms with Crippen LogP contribution in [0.3, 0.4) is 0 Å². The molecule has 0 spiro atoms. The maximum absolute atomic E-state index is 12.8. The summed E-state index contributed by atoms with van der Waals surface area (Å²) in [7, 11) is 3.87. The van der Waals surface area contributed by atoms with Gasteiger partial charge >= 0.3 is 0 Å². The SMILES string of the molecule is CN(C)Cc1cc(C(=O)c2ccc(Cl)cc2)cc(C(C)(C)C)c1O. The second-order valence-corrected chi connectivity index (χ2v) is 7.79. The third-order valence-electron chi connectivity index (χ3n) is 3.85. The number of phenolic OH excluding ortho intramolecular Hbond substituents is 1. The van der Waals surface area contributed by atoms with Gasteiger partial charge in [0, 0.05) is 33.8 Å². The monoisotopic (exact) mass is 345 g/mol. The lowest BCUT2D eigenvalue weighted by molar-refractivity contribution is 0.103. The summed E-state index contributed by atoms with van der Waals surface area (Å²) in [4.78, 5) is 14.8. The Hall–Kier alpha value is -1.84. The van der Waals surface area contributed by atoms with Crippen LogP contribution in [0, 0.1) is 0 Å². The molecule has 4 heteroatoms. The number of carbonyl (C=O) groups is 1. The topological polar surface area (TPSA) is 40.5 Å². The molecule has 0 aliphatic rings. The number of hydrogen-bond donors (Lipinski definition) is 1. The third-order valence-corrected chi connectivity index (χ3v) is 4.10. The van der Waals surface area contributed by atoms with Gasteiger partial charge in [0.05, 0.1) is 0 Å². The molecule has 0 atom stereocenters. The summed E-state index contributed by atoms with van der Waals surface area (Å²) in [6.07, 6.45) is 0. The molecule has 0 saturated heterocycles. The fourth-order valence-corrected chi connectivity index (χ4v) is 2.75. The first-order chi connectivity index (χ1) is 11.1. The number of nitrogens with zero attached hydrogens (tertiary/aromatic N) is 1. The fraction of sp³-hybridized carbons (Fsp3) is 0.350. The summed E-state index contributed by atoms with van der Waals surface area (Å²) < 4.78 is 0. The summed E-state index contributed by atoms with van der Waals surface area (Å²) in [5.41, 5.74) is 2.43. The van der Waals surface area contributed by atoms with Gasteiger partial charge in [0.2, 0.25) is 0 Å². The van der Waals surface area contributed by atoms with E-state index in [-0.39, 0.29) is 16.9 Å². The lowest BCUT2D eigenvalue weighted by Crippen LogP contribution is -2.17. The van der Waals surface area contributed by atoms with Crippen molar-refractivity contribution in [3.8, 4) is 5.75 Å². The molecule has 3 nitrogen and oxygen atoms in total. The zero-order valence-corrected chi connectivity index (χ0v) is 15.6. The van der Waals surface area contributed by atoms with Crippen molar-refractivity contribution >= 4 is 17.4 Å². The average molecular weight is 346 g/mol. The lowest BCUT2D eigenvalue weighted by Gasteiger charge is -2.24. The largest absolute Gasteiger partial charge is 0.507 e. The second-order valence-electron chi connectivity index (χ2n) is 7.36. The quantitative estimate of drug-likeness (QED) is 0.821. The molecule has 0 aliphatic heterocycles. The minimum absolute atomic E-state index is 0.0721. The smallest absolute Gasteiger partial charge is 0.193 e. The number of carbonyl (C=O) groups excluding carboxylic acids is 1. The van der Waals surface area contributed by atoms with E-state index in [0.717, 1.165) is 11.1 Å². The highest BCUT2D eigenvalue weighted by atomic mass is 35.5. The average Bonchev–Trinajstić information content (AvgIpc) is 2.47. The van der Waals surface area contributed by atoms with Gasteiger partial charge in [-0.25, -0.2) is 0 Å². The van der Waals surface area contributed by atoms with Crippen LogP contribution in [0.4, 0.5) is 0 Å². The Bertz CT molecular complexity index is 743. The molecule has 2 aromatic carbocycles. The first-order valence-corrected chi connectivity index (χ1v) is 8.28. The van der Waals surface area contributed by atoms with E-state index in [0.29, 0.717) is 22.7 Å². The maximum Gasteiger partial charge on any atom is 0.193 e. The highest BCUT2D eigenvalue weighted by Gasteiger charge is 2.23. The van der Waals surface area contributed by atoms with Crippen LogP contribution in [0.15, 0.2) is 36.4 Å². The number of phenols is 1. The normalized spacial score (nSPS) is 11.8. The molecule has 128 valence electrons. The summed E-state index contributed by atoms with van der Waals surface area (Å²) >= 11 is 5.90. The molecule has 0 aromatic heterocycles. The number of aromatic hydroxyl groups is 1. The van der Waals surface area contributed by atoms with Crippen LogP contribution < -0.4 is 0 Å². The van der Waals surface area contributed by atoms with Crippen molar-refractivity contribution in [2.75, 3.05) is 14.1 Å². The Morgan fingerprint density at radius 3 is 2.17 bits per heavy atom. The number of benzene rings is 2. The molecule has 2 aromatic rings. The molecule has 24 heavy (non-hydrogen) atoms. The Morgan fingerprint density at radius 1 is 1.08 bits per heavy atom. The summed E-state index contributed by atoms with van der Waals surface area (Å²) in [5.74, 6) is 0.195. The van der Waals surface area contributed by atoms with Gasteiger partial charge in [-0.2, -0.15) is 0 Å². The molecule has 2 rings (SSSR count). The molecule has 0 radical (unpaired) electrons. The van der Waals surface area contributed by atoms with Crippen molar-refractivity contribution in [2.45, 2.75) is 32.7 Å². The predicted octanol–water partition coefficient (Wildman–Crippen LogP) is 4.64. The molecule has 0 saturated carbocycles. The van der Waals surface area contributed by atoms with Gasteiger partial charge in [0.1, 0.15) is 5.75 Å². The number of rotatable bonds is 4. The van der Waals surface area contributed by atoms with Crippen molar-refractivity contribution in [2.24, 2.45) is 0 Å². The Kier molecular flexibility index (Phi) is 5.36. The van der Waals surface area contributed by atoms with Crippen molar-refractivity contribution in [1.82, 2.24) is 4.90 Å². The molecule has 0 fully saturated rings. The van der Waals surface area contributed by atoms with Crippen LogP contribution in [-0.4, -0.2) is 29.9 Å². The minimum atomic E-state index is -0.262. The van der Waals surface area contributed by atoms with E-state index in [1.165, 1.54) is 0 Å². The Morgan fingerprint density at radius 2 is 1.67 bits per heavy atom. The van der Waals surface area contributed by atoms with E-state index >= 15 is 0 Å². The van der Waals surface area contributed by atoms with Crippen LogP contribution in [0.2, 0.25) is 5.02 Å². The van der Waals surface area contributed by atoms with Gasteiger partial charge in [0.15, 0.2) is 5.78 Å². The van der Waals surface area contributed by atoms with Gasteiger partial charge in [0.25, 0.3) is 0 Å². The molecule has 0 unspecified atom stereocenters. The van der Waals surface area contributed by atoms with Crippen LogP contribution >= 0.6 is 11.6 Å². The van der Waals surface area contributed by atoms with Crippen molar-refractivity contribution < 1.29 is 9.90 Å². The zero-order chi connectivity index (χ0) is 18.1. The van der Waals surface area contributed by atoms with E-state index in [4.69, 9.17) is 11.6 Å². The molecule has 0 heterocycles. The van der Waals surface area contributed by atoms with Crippen molar-refractivity contribution in [3.63, 3.8) is 0 Å². The van der Waals surface area contributed by atoms with E-state index < -0.39 is 0 Å². The lowest BCUT2D eigenvalue weighted by atomic mass is 9.83. The Labute approximate surface area is 148 Å². The molecular formula is C20H24ClNO2. The van der Waals surface area contributed by atoms with E-state index in [1.807, 2.05) is 39.8 Å². The maximum atomic E-state index is 12.8. The van der Waals surface area contributed by atoms with Gasteiger partial charge in [-0.05, 0) is 55.9 Å². The number of ketones is 1. The zero-order valence-electron chi connectivity index (χ0n) is 14.9. The molecule has 0 aliphatic carbocycles. The minimum Gasteiger partial charge on any atom is -0.507 e. The van der Waals surface area contributed by atoms with Gasteiger partial charge < -0.3 is 10.0 Å². The molecule has 0 amide bonds. The van der Waals surface area contributed by atoms with Crippen LogP contribution in [0.5, 0.6) is 5.75 Å². The van der Waals surface area contributed by atoms with Gasteiger partial charge in [-0.1, -0.05) is 32.4 Å².